The number of anilines is 3. The van der Waals surface area contributed by atoms with Crippen molar-refractivity contribution in [2.45, 2.75) is 0 Å². The molecule has 1 heterocycles. The van der Waals surface area contributed by atoms with Crippen LogP contribution in [0.25, 0.3) is 10.8 Å². The second-order valence-electron chi connectivity index (χ2n) is 3.22. The van der Waals surface area contributed by atoms with E-state index in [1.54, 1.807) is 0 Å². The van der Waals surface area contributed by atoms with Crippen LogP contribution in [0.1, 0.15) is 0 Å². The first-order valence-corrected chi connectivity index (χ1v) is 4.20. The minimum atomic E-state index is -0.155. The lowest BCUT2D eigenvalue weighted by molar-refractivity contribution is -0.603. The van der Waals surface area contributed by atoms with Gasteiger partial charge in [0.1, 0.15) is 11.4 Å². The monoisotopic (exact) mass is 206 g/mol. The molecule has 0 spiro atoms. The minimum Gasteiger partial charge on any atom is -0.619 e. The number of phenols is 1. The number of hydrogen-bond donors (Lipinski definition) is 4. The number of phenolic OH excluding ortho intramolecular Hbond substituents is 1. The summed E-state index contributed by atoms with van der Waals surface area (Å²) in [5.41, 5.74) is 17.1. The van der Waals surface area contributed by atoms with Gasteiger partial charge in [0.15, 0.2) is 12.4 Å². The van der Waals surface area contributed by atoms with Gasteiger partial charge in [-0.15, -0.1) is 0 Å². The van der Waals surface area contributed by atoms with E-state index in [1.807, 2.05) is 0 Å². The van der Waals surface area contributed by atoms with Crippen molar-refractivity contribution in [2.24, 2.45) is 0 Å². The highest BCUT2D eigenvalue weighted by molar-refractivity contribution is 6.07. The molecule has 0 aliphatic rings. The smallest absolute Gasteiger partial charge is 0.190 e. The Labute approximate surface area is 85.1 Å². The van der Waals surface area contributed by atoms with Crippen LogP contribution >= 0.6 is 0 Å². The van der Waals surface area contributed by atoms with Crippen molar-refractivity contribution < 1.29 is 9.84 Å². The van der Waals surface area contributed by atoms with Gasteiger partial charge in [-0.1, -0.05) is 0 Å². The third-order valence-electron chi connectivity index (χ3n) is 2.32. The van der Waals surface area contributed by atoms with E-state index in [-0.39, 0.29) is 22.8 Å². The van der Waals surface area contributed by atoms with Crippen molar-refractivity contribution in [3.8, 4) is 5.75 Å². The summed E-state index contributed by atoms with van der Waals surface area (Å²) in [7, 11) is 0. The van der Waals surface area contributed by atoms with Crippen molar-refractivity contribution in [2.75, 3.05) is 17.2 Å². The zero-order valence-corrected chi connectivity index (χ0v) is 7.77. The number of nitrogens with two attached hydrogens (primary N) is 3. The molecule has 15 heavy (non-hydrogen) atoms. The predicted molar refractivity (Wildman–Crippen MR) is 57.8 cm³/mol. The molecule has 0 aliphatic heterocycles. The van der Waals surface area contributed by atoms with Crippen molar-refractivity contribution in [3.63, 3.8) is 0 Å². The molecule has 1 aromatic heterocycles. The van der Waals surface area contributed by atoms with Crippen LogP contribution in [0.2, 0.25) is 0 Å². The Bertz CT molecular complexity index is 554. The van der Waals surface area contributed by atoms with Gasteiger partial charge in [-0.3, -0.25) is 0 Å². The lowest BCUT2D eigenvalue weighted by atomic mass is 10.1. The molecule has 2 rings (SSSR count). The number of nitrogens with zero attached hydrogens (tertiary/aromatic N) is 1. The van der Waals surface area contributed by atoms with Crippen LogP contribution in [0.3, 0.4) is 0 Å². The van der Waals surface area contributed by atoms with E-state index >= 15 is 0 Å². The predicted octanol–water partition coefficient (Wildman–Crippen LogP) is -0.0746. The van der Waals surface area contributed by atoms with Crippen LogP contribution in [0, 0.1) is 5.21 Å². The lowest BCUT2D eigenvalue weighted by Gasteiger charge is -2.10. The average Bonchev–Trinajstić information content (AvgIpc) is 2.23. The maximum Gasteiger partial charge on any atom is 0.190 e. The van der Waals surface area contributed by atoms with Gasteiger partial charge in [-0.25, -0.2) is 0 Å². The van der Waals surface area contributed by atoms with Crippen LogP contribution in [0.4, 0.5) is 17.1 Å². The number of pyridine rings is 1. The highest BCUT2D eigenvalue weighted by Crippen LogP contribution is 2.39. The summed E-state index contributed by atoms with van der Waals surface area (Å²) in [6.07, 6.45) is 2.48. The molecule has 7 N–H and O–H groups in total. The molecule has 6 heteroatoms. The summed E-state index contributed by atoms with van der Waals surface area (Å²) in [6.45, 7) is 0. The molecule has 0 unspecified atom stereocenters. The molecule has 2 aromatic rings. The summed E-state index contributed by atoms with van der Waals surface area (Å²) in [5, 5.41) is 21.5. The van der Waals surface area contributed by atoms with Crippen LogP contribution < -0.4 is 21.9 Å². The van der Waals surface area contributed by atoms with E-state index in [2.05, 4.69) is 0 Å². The molecule has 0 saturated carbocycles. The first-order chi connectivity index (χ1) is 7.02. The molecule has 0 radical (unpaired) electrons. The summed E-state index contributed by atoms with van der Waals surface area (Å²) in [6, 6.07) is 1.43. The van der Waals surface area contributed by atoms with E-state index in [9.17, 15) is 10.3 Å². The van der Waals surface area contributed by atoms with Crippen LogP contribution in [-0.2, 0) is 0 Å². The molecule has 0 aliphatic carbocycles. The molecule has 0 bridgehead atoms. The summed E-state index contributed by atoms with van der Waals surface area (Å²) >= 11 is 0. The quantitative estimate of drug-likeness (QED) is 0.158. The van der Waals surface area contributed by atoms with Gasteiger partial charge < -0.3 is 27.5 Å². The van der Waals surface area contributed by atoms with E-state index in [1.165, 1.54) is 18.5 Å². The fourth-order valence-electron chi connectivity index (χ4n) is 1.46. The molecule has 6 nitrogen and oxygen atoms in total. The van der Waals surface area contributed by atoms with Gasteiger partial charge in [0.25, 0.3) is 0 Å². The maximum absolute atomic E-state index is 11.1. The number of fused-ring (bicyclic) bond motifs is 1. The van der Waals surface area contributed by atoms with Crippen LogP contribution in [0.5, 0.6) is 5.75 Å². The van der Waals surface area contributed by atoms with Gasteiger partial charge in [-0.05, 0) is 0 Å². The molecule has 78 valence electrons. The van der Waals surface area contributed by atoms with Gasteiger partial charge in [-0.2, -0.15) is 4.73 Å². The van der Waals surface area contributed by atoms with Crippen molar-refractivity contribution in [1.82, 2.24) is 0 Å². The number of rotatable bonds is 0. The van der Waals surface area contributed by atoms with Gasteiger partial charge >= 0.3 is 0 Å². The summed E-state index contributed by atoms with van der Waals surface area (Å²) in [5.74, 6) is -0.155. The zero-order chi connectivity index (χ0) is 11.2. The lowest BCUT2D eigenvalue weighted by Crippen LogP contribution is -2.24. The van der Waals surface area contributed by atoms with Gasteiger partial charge in [0.05, 0.1) is 16.8 Å². The highest BCUT2D eigenvalue weighted by Gasteiger charge is 2.14. The number of hydrogen-bond acceptors (Lipinski definition) is 5. The Balaban J connectivity index is 3.00. The first kappa shape index (κ1) is 9.20. The SMILES string of the molecule is Nc1c(N)c(O)c2cc[n+]([O-])cc2c1N. The second kappa shape index (κ2) is 2.81. The number of nitrogen functional groups attached to an aromatic ring is 3. The Morgan fingerprint density at radius 1 is 1.07 bits per heavy atom. The molecular formula is C9H10N4O2. The molecule has 0 saturated heterocycles. The molecule has 1 aromatic carbocycles. The van der Waals surface area contributed by atoms with Gasteiger partial charge in [0, 0.05) is 11.5 Å². The summed E-state index contributed by atoms with van der Waals surface area (Å²) in [4.78, 5) is 0. The number of benzene rings is 1. The van der Waals surface area contributed by atoms with E-state index in [4.69, 9.17) is 17.2 Å². The fourth-order valence-corrected chi connectivity index (χ4v) is 1.46. The summed E-state index contributed by atoms with van der Waals surface area (Å²) < 4.78 is 0.577. The van der Waals surface area contributed by atoms with Crippen LogP contribution in [0.15, 0.2) is 18.5 Å². The van der Waals surface area contributed by atoms with Crippen molar-refractivity contribution >= 4 is 27.8 Å². The third-order valence-corrected chi connectivity index (χ3v) is 2.32. The minimum absolute atomic E-state index is 0.0312. The number of aromatic nitrogens is 1. The van der Waals surface area contributed by atoms with E-state index < -0.39 is 0 Å². The molecule has 0 atom stereocenters. The Morgan fingerprint density at radius 3 is 2.40 bits per heavy atom. The normalized spacial score (nSPS) is 10.7. The fraction of sp³-hybridized carbons (Fsp3) is 0. The maximum atomic E-state index is 11.1. The van der Waals surface area contributed by atoms with Crippen molar-refractivity contribution in [3.05, 3.63) is 23.7 Å². The van der Waals surface area contributed by atoms with Gasteiger partial charge in [0.2, 0.25) is 0 Å². The third kappa shape index (κ3) is 1.15. The number of aromatic hydroxyl groups is 1. The molecular weight excluding hydrogens is 196 g/mol. The Morgan fingerprint density at radius 2 is 1.73 bits per heavy atom. The van der Waals surface area contributed by atoms with Crippen LogP contribution in [-0.4, -0.2) is 5.11 Å². The Hall–Kier alpha value is -2.37. The first-order valence-electron chi connectivity index (χ1n) is 4.20. The van der Waals surface area contributed by atoms with Crippen molar-refractivity contribution in [1.29, 1.82) is 0 Å². The Kier molecular flexibility index (Phi) is 1.72. The largest absolute Gasteiger partial charge is 0.619 e. The highest BCUT2D eigenvalue weighted by atomic mass is 16.5. The standard InChI is InChI=1S/C9H10N4O2/c10-6-5-3-13(15)2-1-4(5)9(14)8(12)7(6)11/h1-3,14H,10-12H2. The average molecular weight is 206 g/mol. The molecule has 0 fully saturated rings. The zero-order valence-electron chi connectivity index (χ0n) is 7.77. The van der Waals surface area contributed by atoms with E-state index in [0.29, 0.717) is 15.5 Å². The molecule has 0 amide bonds. The second-order valence-corrected chi connectivity index (χ2v) is 3.22. The van der Waals surface area contributed by atoms with E-state index in [0.717, 1.165) is 0 Å². The topological polar surface area (TPSA) is 125 Å².